The van der Waals surface area contributed by atoms with Gasteiger partial charge >= 0.3 is 0 Å². The van der Waals surface area contributed by atoms with Crippen LogP contribution in [0, 0.1) is 23.7 Å². The molecule has 5 nitrogen and oxygen atoms in total. The summed E-state index contributed by atoms with van der Waals surface area (Å²) in [7, 11) is -3.21. The summed E-state index contributed by atoms with van der Waals surface area (Å²) >= 11 is 0. The molecule has 4 bridgehead atoms. The molecule has 1 unspecified atom stereocenters. The third kappa shape index (κ3) is 3.68. The van der Waals surface area contributed by atoms with Gasteiger partial charge in [0.05, 0.1) is 11.7 Å². The van der Waals surface area contributed by atoms with E-state index < -0.39 is 10.0 Å². The van der Waals surface area contributed by atoms with E-state index >= 15 is 0 Å². The number of piperidine rings is 1. The molecule has 6 heteroatoms. The molecule has 0 aromatic carbocycles. The van der Waals surface area contributed by atoms with Gasteiger partial charge < -0.3 is 5.32 Å². The second-order valence-corrected chi connectivity index (χ2v) is 11.6. The van der Waals surface area contributed by atoms with Crippen LogP contribution in [0.4, 0.5) is 0 Å². The predicted octanol–water partition coefficient (Wildman–Crippen LogP) is 2.91. The molecular weight excluding hydrogens is 348 g/mol. The molecule has 0 spiro atoms. The molecule has 4 aliphatic carbocycles. The zero-order chi connectivity index (χ0) is 18.4. The normalized spacial score (nSPS) is 39.9. The fourth-order valence-electron chi connectivity index (χ4n) is 6.49. The highest BCUT2D eigenvalue weighted by Crippen LogP contribution is 2.55. The smallest absolute Gasteiger partial charge is 0.224 e. The molecular formula is C20H34N2O3S. The van der Waals surface area contributed by atoms with Crippen molar-refractivity contribution in [1.82, 2.24) is 9.62 Å². The second kappa shape index (κ2) is 7.08. The van der Waals surface area contributed by atoms with Gasteiger partial charge in [0.25, 0.3) is 0 Å². The molecule has 26 heavy (non-hydrogen) atoms. The van der Waals surface area contributed by atoms with E-state index in [0.29, 0.717) is 19.5 Å². The number of hydrogen-bond acceptors (Lipinski definition) is 3. The van der Waals surface area contributed by atoms with Crippen LogP contribution >= 0.6 is 0 Å². The minimum Gasteiger partial charge on any atom is -0.350 e. The van der Waals surface area contributed by atoms with E-state index in [0.717, 1.165) is 56.3 Å². The third-order valence-electron chi connectivity index (χ3n) is 7.33. The molecule has 1 heterocycles. The van der Waals surface area contributed by atoms with Crippen molar-refractivity contribution in [3.8, 4) is 0 Å². The number of nitrogens with zero attached hydrogens (tertiary/aromatic N) is 1. The maximum absolute atomic E-state index is 13.0. The van der Waals surface area contributed by atoms with Crippen LogP contribution in [-0.4, -0.2) is 43.0 Å². The van der Waals surface area contributed by atoms with E-state index in [1.165, 1.54) is 19.3 Å². The van der Waals surface area contributed by atoms with Gasteiger partial charge in [-0.25, -0.2) is 12.7 Å². The Morgan fingerprint density at radius 1 is 1.12 bits per heavy atom. The molecule has 5 rings (SSSR count). The van der Waals surface area contributed by atoms with Gasteiger partial charge in [0.2, 0.25) is 15.9 Å². The van der Waals surface area contributed by atoms with Crippen molar-refractivity contribution in [1.29, 1.82) is 0 Å². The Bertz CT molecular complexity index is 610. The van der Waals surface area contributed by atoms with Crippen molar-refractivity contribution in [2.24, 2.45) is 23.7 Å². The van der Waals surface area contributed by atoms with Gasteiger partial charge in [-0.05, 0) is 75.5 Å². The molecule has 5 aliphatic rings. The molecule has 1 atom stereocenters. The summed E-state index contributed by atoms with van der Waals surface area (Å²) in [5.41, 5.74) is 0.0230. The zero-order valence-electron chi connectivity index (χ0n) is 16.1. The Kier molecular flexibility index (Phi) is 5.10. The molecule has 1 N–H and O–H groups in total. The lowest BCUT2D eigenvalue weighted by Gasteiger charge is -2.57. The van der Waals surface area contributed by atoms with Crippen molar-refractivity contribution in [3.05, 3.63) is 0 Å². The molecule has 1 amide bonds. The lowest BCUT2D eigenvalue weighted by atomic mass is 9.53. The number of nitrogens with one attached hydrogen (secondary N) is 1. The van der Waals surface area contributed by atoms with E-state index in [2.05, 4.69) is 5.32 Å². The van der Waals surface area contributed by atoms with Gasteiger partial charge in [-0.1, -0.05) is 13.3 Å². The van der Waals surface area contributed by atoms with Crippen molar-refractivity contribution in [2.75, 3.05) is 18.8 Å². The second-order valence-electron chi connectivity index (χ2n) is 9.55. The summed E-state index contributed by atoms with van der Waals surface area (Å²) in [5, 5.41) is 3.45. The molecule has 1 aliphatic heterocycles. The monoisotopic (exact) mass is 382 g/mol. The maximum Gasteiger partial charge on any atom is 0.224 e. The molecule has 148 valence electrons. The van der Waals surface area contributed by atoms with Crippen molar-refractivity contribution < 1.29 is 13.2 Å². The average molecular weight is 383 g/mol. The minimum atomic E-state index is -3.21. The standard InChI is InChI=1S/C20H34N2O3S/c1-2-3-7-26(24,25)22-6-4-5-18(14-22)19(23)21-20-11-15-8-16(12-20)10-17(9-15)13-20/h15-18H,2-14H2,1H3,(H,21,23). The first kappa shape index (κ1) is 18.7. The average Bonchev–Trinajstić information content (AvgIpc) is 2.58. The van der Waals surface area contributed by atoms with Crippen LogP contribution in [0.5, 0.6) is 0 Å². The topological polar surface area (TPSA) is 66.5 Å². The number of carbonyl (C=O) groups excluding carboxylic acids is 1. The SMILES string of the molecule is CCCCS(=O)(=O)N1CCCC(C(=O)NC23CC4CC(CC(C4)C2)C3)C1. The summed E-state index contributed by atoms with van der Waals surface area (Å²) in [6, 6.07) is 0. The third-order valence-corrected chi connectivity index (χ3v) is 9.25. The summed E-state index contributed by atoms with van der Waals surface area (Å²) in [5.74, 6) is 2.57. The molecule has 1 saturated heterocycles. The summed E-state index contributed by atoms with van der Waals surface area (Å²) in [6.45, 7) is 2.96. The molecule has 0 aromatic rings. The highest BCUT2D eigenvalue weighted by atomic mass is 32.2. The van der Waals surface area contributed by atoms with Gasteiger partial charge in [0, 0.05) is 18.6 Å². The van der Waals surface area contributed by atoms with Gasteiger partial charge in [-0.15, -0.1) is 0 Å². The van der Waals surface area contributed by atoms with Crippen LogP contribution in [-0.2, 0) is 14.8 Å². The first-order chi connectivity index (χ1) is 12.4. The van der Waals surface area contributed by atoms with Crippen LogP contribution < -0.4 is 5.32 Å². The van der Waals surface area contributed by atoms with Crippen LogP contribution in [0.25, 0.3) is 0 Å². The van der Waals surface area contributed by atoms with E-state index in [4.69, 9.17) is 0 Å². The Morgan fingerprint density at radius 3 is 2.31 bits per heavy atom. The van der Waals surface area contributed by atoms with Crippen molar-refractivity contribution in [2.45, 2.75) is 76.7 Å². The van der Waals surface area contributed by atoms with E-state index in [-0.39, 0.29) is 23.1 Å². The highest BCUT2D eigenvalue weighted by molar-refractivity contribution is 7.89. The zero-order valence-corrected chi connectivity index (χ0v) is 16.9. The Balaban J connectivity index is 1.39. The molecule has 0 radical (unpaired) electrons. The number of rotatable bonds is 6. The van der Waals surface area contributed by atoms with Crippen molar-refractivity contribution in [3.63, 3.8) is 0 Å². The van der Waals surface area contributed by atoms with Gasteiger partial charge in [0.1, 0.15) is 0 Å². The summed E-state index contributed by atoms with van der Waals surface area (Å²) in [6.07, 6.45) is 10.7. The molecule has 0 aromatic heterocycles. The van der Waals surface area contributed by atoms with E-state index in [9.17, 15) is 13.2 Å². The predicted molar refractivity (Wildman–Crippen MR) is 102 cm³/mol. The lowest BCUT2D eigenvalue weighted by Crippen LogP contribution is -2.61. The van der Waals surface area contributed by atoms with Crippen LogP contribution in [0.15, 0.2) is 0 Å². The fourth-order valence-corrected chi connectivity index (χ4v) is 8.22. The Hall–Kier alpha value is -0.620. The minimum absolute atomic E-state index is 0.0230. The first-order valence-corrected chi connectivity index (χ1v) is 12.3. The first-order valence-electron chi connectivity index (χ1n) is 10.7. The molecule has 4 saturated carbocycles. The lowest BCUT2D eigenvalue weighted by molar-refractivity contribution is -0.131. The van der Waals surface area contributed by atoms with Gasteiger partial charge in [-0.3, -0.25) is 4.79 Å². The Labute approximate surface area is 158 Å². The van der Waals surface area contributed by atoms with Crippen LogP contribution in [0.3, 0.4) is 0 Å². The number of carbonyl (C=O) groups is 1. The van der Waals surface area contributed by atoms with Crippen LogP contribution in [0.1, 0.15) is 71.1 Å². The van der Waals surface area contributed by atoms with E-state index in [1.54, 1.807) is 4.31 Å². The largest absolute Gasteiger partial charge is 0.350 e. The molecule has 5 fully saturated rings. The Morgan fingerprint density at radius 2 is 1.73 bits per heavy atom. The van der Waals surface area contributed by atoms with Gasteiger partial charge in [0.15, 0.2) is 0 Å². The summed E-state index contributed by atoms with van der Waals surface area (Å²) < 4.78 is 26.6. The van der Waals surface area contributed by atoms with Crippen molar-refractivity contribution >= 4 is 15.9 Å². The summed E-state index contributed by atoms with van der Waals surface area (Å²) in [4.78, 5) is 13.0. The van der Waals surface area contributed by atoms with Gasteiger partial charge in [-0.2, -0.15) is 0 Å². The quantitative estimate of drug-likeness (QED) is 0.768. The number of hydrogen-bond donors (Lipinski definition) is 1. The number of sulfonamides is 1. The number of amides is 1. The van der Waals surface area contributed by atoms with E-state index in [1.807, 2.05) is 6.92 Å². The maximum atomic E-state index is 13.0. The fraction of sp³-hybridized carbons (Fsp3) is 0.950. The highest BCUT2D eigenvalue weighted by Gasteiger charge is 2.52. The van der Waals surface area contributed by atoms with Crippen LogP contribution in [0.2, 0.25) is 0 Å². The number of unbranched alkanes of at least 4 members (excludes halogenated alkanes) is 1.